The molecule has 0 fully saturated rings. The molecule has 0 radical (unpaired) electrons. The molecule has 1 heterocycles. The summed E-state index contributed by atoms with van der Waals surface area (Å²) in [5.74, 6) is -1.65. The summed E-state index contributed by atoms with van der Waals surface area (Å²) in [6.07, 6.45) is -0.107. The number of benzene rings is 4. The Labute approximate surface area is 330 Å². The summed E-state index contributed by atoms with van der Waals surface area (Å²) < 4.78 is 16.7. The third-order valence-electron chi connectivity index (χ3n) is 9.61. The van der Waals surface area contributed by atoms with Crippen molar-refractivity contribution < 1.29 is 33.1 Å². The van der Waals surface area contributed by atoms with Gasteiger partial charge in [-0.1, -0.05) is 135 Å². The van der Waals surface area contributed by atoms with Gasteiger partial charge in [-0.15, -0.1) is 10.2 Å². The standard InChI is InChI=1S/C43H45N5O7S/c1-26(2)37(41(51)53-4)46-39(50)36(24-29-17-9-6-10-18-29)56-43-48-47-40(55-43)35(23-28-15-7-5-8-16-28)45-38(49)27(3)44-42(52)54-25-34-32-21-13-11-19-30(32)31-20-12-14-22-33(31)34/h5-22,26-27,34-37H,23-25H2,1-4H3,(H,44,52)(H,45,49)(H,46,50)/t27-,35-,36+,37-/m0/s1. The number of aromatic nitrogens is 2. The van der Waals surface area contributed by atoms with Crippen LogP contribution in [0.3, 0.4) is 0 Å². The fourth-order valence-electron chi connectivity index (χ4n) is 6.65. The first-order chi connectivity index (χ1) is 27.1. The summed E-state index contributed by atoms with van der Waals surface area (Å²) in [7, 11) is 1.28. The van der Waals surface area contributed by atoms with Crippen molar-refractivity contribution in [2.24, 2.45) is 5.92 Å². The Bertz CT molecular complexity index is 2080. The van der Waals surface area contributed by atoms with Gasteiger partial charge in [-0.3, -0.25) is 9.59 Å². The predicted molar refractivity (Wildman–Crippen MR) is 212 cm³/mol. The van der Waals surface area contributed by atoms with E-state index in [1.807, 2.05) is 111 Å². The lowest BCUT2D eigenvalue weighted by Gasteiger charge is -2.23. The minimum atomic E-state index is -0.969. The molecule has 13 heteroatoms. The highest BCUT2D eigenvalue weighted by atomic mass is 32.2. The number of hydrogen-bond acceptors (Lipinski definition) is 10. The molecule has 1 aliphatic carbocycles. The van der Waals surface area contributed by atoms with E-state index in [1.54, 1.807) is 6.92 Å². The van der Waals surface area contributed by atoms with E-state index in [9.17, 15) is 19.2 Å². The van der Waals surface area contributed by atoms with Crippen molar-refractivity contribution in [1.29, 1.82) is 0 Å². The molecule has 1 aliphatic rings. The number of esters is 1. The Hall–Kier alpha value is -5.95. The van der Waals surface area contributed by atoms with Crippen LogP contribution in [0.25, 0.3) is 11.1 Å². The minimum Gasteiger partial charge on any atom is -0.467 e. The van der Waals surface area contributed by atoms with Crippen LogP contribution in [0.4, 0.5) is 4.79 Å². The molecule has 0 saturated heterocycles. The van der Waals surface area contributed by atoms with Crippen LogP contribution in [0.1, 0.15) is 60.9 Å². The van der Waals surface area contributed by atoms with Gasteiger partial charge < -0.3 is 29.8 Å². The van der Waals surface area contributed by atoms with E-state index in [1.165, 1.54) is 7.11 Å². The van der Waals surface area contributed by atoms with Gasteiger partial charge in [0.2, 0.25) is 17.7 Å². The van der Waals surface area contributed by atoms with Crippen molar-refractivity contribution >= 4 is 35.6 Å². The average Bonchev–Trinajstić information content (AvgIpc) is 3.81. The molecule has 4 aromatic carbocycles. The van der Waals surface area contributed by atoms with Crippen molar-refractivity contribution in [1.82, 2.24) is 26.1 Å². The Morgan fingerprint density at radius 2 is 1.29 bits per heavy atom. The molecule has 1 aromatic heterocycles. The van der Waals surface area contributed by atoms with Crippen LogP contribution in [-0.2, 0) is 36.7 Å². The normalized spacial score (nSPS) is 14.1. The first-order valence-corrected chi connectivity index (χ1v) is 19.4. The van der Waals surface area contributed by atoms with Crippen LogP contribution in [0.2, 0.25) is 0 Å². The van der Waals surface area contributed by atoms with Crippen molar-refractivity contribution in [3.05, 3.63) is 137 Å². The molecule has 5 aromatic rings. The molecule has 0 bridgehead atoms. The van der Waals surface area contributed by atoms with Crippen molar-refractivity contribution in [3.63, 3.8) is 0 Å². The van der Waals surface area contributed by atoms with Gasteiger partial charge in [-0.2, -0.15) is 0 Å². The molecule has 0 saturated carbocycles. The number of amides is 3. The maximum Gasteiger partial charge on any atom is 0.407 e. The van der Waals surface area contributed by atoms with Crippen LogP contribution < -0.4 is 16.0 Å². The molecule has 290 valence electrons. The number of alkyl carbamates (subject to hydrolysis) is 1. The van der Waals surface area contributed by atoms with Gasteiger partial charge >= 0.3 is 12.1 Å². The van der Waals surface area contributed by atoms with Crippen LogP contribution in [0.5, 0.6) is 0 Å². The molecule has 12 nitrogen and oxygen atoms in total. The third kappa shape index (κ3) is 9.82. The molecule has 4 atom stereocenters. The van der Waals surface area contributed by atoms with Gasteiger partial charge in [-0.25, -0.2) is 9.59 Å². The van der Waals surface area contributed by atoms with Gasteiger partial charge in [0.1, 0.15) is 24.7 Å². The van der Waals surface area contributed by atoms with E-state index >= 15 is 0 Å². The van der Waals surface area contributed by atoms with Gasteiger partial charge in [-0.05, 0) is 52.6 Å². The number of nitrogens with one attached hydrogen (secondary N) is 3. The summed E-state index contributed by atoms with van der Waals surface area (Å²) in [5.41, 5.74) is 6.19. The summed E-state index contributed by atoms with van der Waals surface area (Å²) >= 11 is 1.06. The largest absolute Gasteiger partial charge is 0.467 e. The van der Waals surface area contributed by atoms with Gasteiger partial charge in [0, 0.05) is 12.3 Å². The summed E-state index contributed by atoms with van der Waals surface area (Å²) in [6.45, 7) is 5.32. The number of carbonyl (C=O) groups excluding carboxylic acids is 4. The molecular weight excluding hydrogens is 731 g/mol. The third-order valence-corrected chi connectivity index (χ3v) is 10.6. The highest BCUT2D eigenvalue weighted by molar-refractivity contribution is 8.00. The van der Waals surface area contributed by atoms with Gasteiger partial charge in [0.15, 0.2) is 0 Å². The predicted octanol–water partition coefficient (Wildman–Crippen LogP) is 6.41. The second-order valence-electron chi connectivity index (χ2n) is 13.9. The monoisotopic (exact) mass is 775 g/mol. The first kappa shape index (κ1) is 39.7. The summed E-state index contributed by atoms with van der Waals surface area (Å²) in [4.78, 5) is 52.8. The minimum absolute atomic E-state index is 0.104. The number of thioether (sulfide) groups is 1. The Balaban J connectivity index is 1.13. The van der Waals surface area contributed by atoms with Crippen LogP contribution in [0, 0.1) is 5.92 Å². The molecule has 3 N–H and O–H groups in total. The summed E-state index contributed by atoms with van der Waals surface area (Å²) in [5, 5.41) is 16.3. The second kappa shape index (κ2) is 18.6. The SMILES string of the molecule is COC(=O)[C@@H](NC(=O)[C@@H](Cc1ccccc1)Sc1nnc([C@H](Cc2ccccc2)NC(=O)[C@H](C)NC(=O)OCC2c3ccccc3-c3ccccc32)o1)C(C)C. The molecule has 56 heavy (non-hydrogen) atoms. The van der Waals surface area contributed by atoms with E-state index in [4.69, 9.17) is 13.9 Å². The zero-order chi connectivity index (χ0) is 39.6. The van der Waals surface area contributed by atoms with Crippen LogP contribution in [-0.4, -0.2) is 65.1 Å². The maximum absolute atomic E-state index is 13.7. The van der Waals surface area contributed by atoms with Gasteiger partial charge in [0.05, 0.1) is 12.4 Å². The number of hydrogen-bond donors (Lipinski definition) is 3. The van der Waals surface area contributed by atoms with E-state index in [-0.39, 0.29) is 29.6 Å². The van der Waals surface area contributed by atoms with Crippen molar-refractivity contribution in [2.75, 3.05) is 13.7 Å². The maximum atomic E-state index is 13.7. The molecule has 0 unspecified atom stereocenters. The van der Waals surface area contributed by atoms with Crippen molar-refractivity contribution in [2.45, 2.75) is 68.1 Å². The molecular formula is C43H45N5O7S. The molecule has 0 spiro atoms. The van der Waals surface area contributed by atoms with Gasteiger partial charge in [0.25, 0.3) is 5.22 Å². The van der Waals surface area contributed by atoms with E-state index in [0.717, 1.165) is 45.1 Å². The topological polar surface area (TPSA) is 162 Å². The molecule has 0 aliphatic heterocycles. The lowest BCUT2D eigenvalue weighted by molar-refractivity contribution is -0.146. The summed E-state index contributed by atoms with van der Waals surface area (Å²) in [6, 6.07) is 32.5. The van der Waals surface area contributed by atoms with E-state index in [2.05, 4.69) is 38.3 Å². The Kier molecular flexibility index (Phi) is 13.2. The number of fused-ring (bicyclic) bond motifs is 3. The zero-order valence-electron chi connectivity index (χ0n) is 31.6. The highest BCUT2D eigenvalue weighted by Crippen LogP contribution is 2.44. The Morgan fingerprint density at radius 1 is 0.714 bits per heavy atom. The van der Waals surface area contributed by atoms with Crippen LogP contribution >= 0.6 is 11.8 Å². The average molecular weight is 776 g/mol. The van der Waals surface area contributed by atoms with Crippen molar-refractivity contribution in [3.8, 4) is 11.1 Å². The van der Waals surface area contributed by atoms with Crippen LogP contribution in [0.15, 0.2) is 119 Å². The quantitative estimate of drug-likeness (QED) is 0.0754. The lowest BCUT2D eigenvalue weighted by atomic mass is 9.98. The number of rotatable bonds is 16. The fourth-order valence-corrected chi connectivity index (χ4v) is 7.56. The molecule has 6 rings (SSSR count). The number of carbonyl (C=O) groups is 4. The second-order valence-corrected chi connectivity index (χ2v) is 15.1. The highest BCUT2D eigenvalue weighted by Gasteiger charge is 2.33. The first-order valence-electron chi connectivity index (χ1n) is 18.5. The van der Waals surface area contributed by atoms with E-state index in [0.29, 0.717) is 12.8 Å². The number of methoxy groups -OCH3 is 1. The smallest absolute Gasteiger partial charge is 0.407 e. The Morgan fingerprint density at radius 3 is 1.88 bits per heavy atom. The molecule has 3 amide bonds. The van der Waals surface area contributed by atoms with E-state index < -0.39 is 47.3 Å². The fraction of sp³-hybridized carbons (Fsp3) is 0.302. The number of nitrogens with zero attached hydrogens (tertiary/aromatic N) is 2. The zero-order valence-corrected chi connectivity index (χ0v) is 32.5. The lowest BCUT2D eigenvalue weighted by Crippen LogP contribution is -2.48. The number of ether oxygens (including phenoxy) is 2.